The predicted molar refractivity (Wildman–Crippen MR) is 72.8 cm³/mol. The van der Waals surface area contributed by atoms with Gasteiger partial charge in [-0.05, 0) is 57.1 Å². The number of H-pyrrole nitrogens is 1. The molecule has 1 aliphatic heterocycles. The molecule has 3 rings (SSSR count). The van der Waals surface area contributed by atoms with Gasteiger partial charge in [0.15, 0.2) is 0 Å². The molecule has 0 aliphatic carbocycles. The minimum Gasteiger partial charge on any atom is -0.348 e. The summed E-state index contributed by atoms with van der Waals surface area (Å²) in [6.07, 6.45) is 0. The van der Waals surface area contributed by atoms with Crippen molar-refractivity contribution in [2.75, 3.05) is 0 Å². The first-order chi connectivity index (χ1) is 6.95. The van der Waals surface area contributed by atoms with Crippen molar-refractivity contribution < 1.29 is 0 Å². The lowest BCUT2D eigenvalue weighted by molar-refractivity contribution is 1.16. The average Bonchev–Trinajstić information content (AvgIpc) is 2.42. The van der Waals surface area contributed by atoms with Crippen molar-refractivity contribution >= 4 is 62.0 Å². The van der Waals surface area contributed by atoms with Gasteiger partial charge in [-0.1, -0.05) is 18.2 Å². The summed E-state index contributed by atoms with van der Waals surface area (Å²) in [6.45, 7) is 0. The number of hydrogen-bond donors (Lipinski definition) is 1. The number of nitrogens with one attached hydrogen (secondary N) is 1. The van der Waals surface area contributed by atoms with Crippen molar-refractivity contribution in [3.63, 3.8) is 0 Å². The van der Waals surface area contributed by atoms with Gasteiger partial charge in [-0.25, -0.2) is 0 Å². The first kappa shape index (κ1) is 9.72. The quantitative estimate of drug-likeness (QED) is 0.661. The summed E-state index contributed by atoms with van der Waals surface area (Å²) in [7, 11) is 9.15. The molecule has 1 N–H and O–H groups in total. The van der Waals surface area contributed by atoms with Gasteiger partial charge in [-0.3, -0.25) is 0 Å². The summed E-state index contributed by atoms with van der Waals surface area (Å²) in [6, 6.07) is 8.48. The van der Waals surface area contributed by atoms with E-state index in [0.29, 0.717) is 0 Å². The molecule has 0 fully saturated rings. The van der Waals surface area contributed by atoms with E-state index in [-0.39, 0.29) is 0 Å². The van der Waals surface area contributed by atoms with Crippen LogP contribution in [-0.2, 0) is 0 Å². The van der Waals surface area contributed by atoms with Gasteiger partial charge >= 0.3 is 0 Å². The number of aromatic nitrogens is 1. The molecule has 2 aromatic rings. The zero-order valence-corrected chi connectivity index (χ0v) is 10.9. The third-order valence-corrected chi connectivity index (χ3v) is 10.3. The van der Waals surface area contributed by atoms with Crippen molar-refractivity contribution in [2.45, 2.75) is 9.92 Å². The summed E-state index contributed by atoms with van der Waals surface area (Å²) in [5, 5.41) is 2.63. The Morgan fingerprint density at radius 2 is 1.79 bits per heavy atom. The van der Waals surface area contributed by atoms with Crippen molar-refractivity contribution in [3.8, 4) is 0 Å². The van der Waals surface area contributed by atoms with Gasteiger partial charge in [0.25, 0.3) is 0 Å². The van der Waals surface area contributed by atoms with Gasteiger partial charge in [0.05, 0.1) is 9.92 Å². The Labute approximate surface area is 101 Å². The van der Waals surface area contributed by atoms with E-state index in [0.717, 1.165) is 0 Å². The number of fused-ring (bicyclic) bond motifs is 3. The lowest BCUT2D eigenvalue weighted by atomic mass is 10.2. The molecule has 0 amide bonds. The molecule has 0 saturated carbocycles. The second kappa shape index (κ2) is 4.17. The van der Waals surface area contributed by atoms with Crippen LogP contribution in [0.3, 0.4) is 0 Å². The Morgan fingerprint density at radius 1 is 0.929 bits per heavy atom. The molecule has 6 heteroatoms. The monoisotopic (exact) mass is 275 g/mol. The normalized spacial score (nSPS) is 16.6. The van der Waals surface area contributed by atoms with E-state index in [1.54, 1.807) is 0 Å². The molecule has 0 saturated heterocycles. The number of para-hydroxylation sites is 1. The van der Waals surface area contributed by atoms with E-state index in [1.807, 2.05) is 51.1 Å². The molecule has 0 unspecified atom stereocenters. The SMILES string of the molecule is c1ccc2c3c([nH]c2c1)SSSSS3. The molecule has 1 aromatic heterocycles. The first-order valence-corrected chi connectivity index (χ1v) is 10.1. The van der Waals surface area contributed by atoms with Crippen molar-refractivity contribution in [1.82, 2.24) is 4.98 Å². The average molecular weight is 275 g/mol. The molecule has 0 radical (unpaired) electrons. The van der Waals surface area contributed by atoms with Crippen LogP contribution in [0.25, 0.3) is 10.9 Å². The van der Waals surface area contributed by atoms with Crippen LogP contribution in [0.4, 0.5) is 0 Å². The van der Waals surface area contributed by atoms with Gasteiger partial charge in [-0.15, -0.1) is 0 Å². The Bertz CT molecular complexity index is 466. The van der Waals surface area contributed by atoms with Gasteiger partial charge in [0.2, 0.25) is 0 Å². The second-order valence-electron chi connectivity index (χ2n) is 2.70. The van der Waals surface area contributed by atoms with Crippen LogP contribution in [-0.4, -0.2) is 4.98 Å². The van der Waals surface area contributed by atoms with Crippen LogP contribution in [0.2, 0.25) is 0 Å². The summed E-state index contributed by atoms with van der Waals surface area (Å²) < 4.78 is 0. The molecule has 1 aliphatic rings. The standard InChI is InChI=1S/C8H5NS5/c1-2-4-6-5(3-1)7-8(9-6)11-13-14-12-10-7/h1-4,9H. The fourth-order valence-electron chi connectivity index (χ4n) is 1.34. The number of aromatic amines is 1. The molecule has 0 spiro atoms. The summed E-state index contributed by atoms with van der Waals surface area (Å²) >= 11 is 0. The van der Waals surface area contributed by atoms with Gasteiger partial charge in [-0.2, -0.15) is 0 Å². The fraction of sp³-hybridized carbons (Fsp3) is 0. The lowest BCUT2D eigenvalue weighted by Crippen LogP contribution is -1.65. The minimum absolute atomic E-state index is 1.24. The predicted octanol–water partition coefficient (Wildman–Crippen LogP) is 5.23. The van der Waals surface area contributed by atoms with Crippen LogP contribution in [0.1, 0.15) is 0 Å². The van der Waals surface area contributed by atoms with Gasteiger partial charge in [0, 0.05) is 10.9 Å². The molecule has 14 heavy (non-hydrogen) atoms. The smallest absolute Gasteiger partial charge is 0.0996 e. The fourth-order valence-corrected chi connectivity index (χ4v) is 10.3. The maximum absolute atomic E-state index is 3.45. The van der Waals surface area contributed by atoms with E-state index >= 15 is 0 Å². The highest BCUT2D eigenvalue weighted by Crippen LogP contribution is 2.60. The maximum atomic E-state index is 3.45. The molecule has 0 atom stereocenters. The molecule has 2 heterocycles. The first-order valence-electron chi connectivity index (χ1n) is 3.90. The van der Waals surface area contributed by atoms with Crippen molar-refractivity contribution in [1.29, 1.82) is 0 Å². The number of rotatable bonds is 0. The van der Waals surface area contributed by atoms with Crippen molar-refractivity contribution in [2.24, 2.45) is 0 Å². The molecular formula is C8H5NS5. The summed E-state index contributed by atoms with van der Waals surface area (Å²) in [5.74, 6) is 0. The van der Waals surface area contributed by atoms with Crippen LogP contribution >= 0.6 is 51.1 Å². The van der Waals surface area contributed by atoms with E-state index < -0.39 is 0 Å². The third-order valence-electron chi connectivity index (χ3n) is 1.92. The van der Waals surface area contributed by atoms with Crippen molar-refractivity contribution in [3.05, 3.63) is 24.3 Å². The van der Waals surface area contributed by atoms with E-state index in [1.165, 1.54) is 20.8 Å². The Balaban J connectivity index is 2.24. The second-order valence-corrected chi connectivity index (χ2v) is 10.2. The Hall–Kier alpha value is 0.510. The summed E-state index contributed by atoms with van der Waals surface area (Å²) in [4.78, 5) is 4.83. The molecule has 1 nitrogen and oxygen atoms in total. The largest absolute Gasteiger partial charge is 0.348 e. The molecule has 0 bridgehead atoms. The van der Waals surface area contributed by atoms with Crippen LogP contribution in [0.5, 0.6) is 0 Å². The van der Waals surface area contributed by atoms with Gasteiger partial charge < -0.3 is 4.98 Å². The van der Waals surface area contributed by atoms with Crippen LogP contribution in [0, 0.1) is 0 Å². The number of benzene rings is 1. The topological polar surface area (TPSA) is 15.8 Å². The highest BCUT2D eigenvalue weighted by atomic mass is 33.8. The zero-order valence-electron chi connectivity index (χ0n) is 6.85. The molecule has 1 aromatic carbocycles. The van der Waals surface area contributed by atoms with E-state index in [9.17, 15) is 0 Å². The Kier molecular flexibility index (Phi) is 2.90. The highest BCUT2D eigenvalue weighted by Gasteiger charge is 2.16. The number of hydrogen-bond acceptors (Lipinski definition) is 5. The van der Waals surface area contributed by atoms with E-state index in [2.05, 4.69) is 29.2 Å². The van der Waals surface area contributed by atoms with E-state index in [4.69, 9.17) is 0 Å². The maximum Gasteiger partial charge on any atom is 0.0996 e. The zero-order chi connectivity index (χ0) is 9.38. The van der Waals surface area contributed by atoms with Crippen LogP contribution in [0.15, 0.2) is 34.2 Å². The Morgan fingerprint density at radius 3 is 2.79 bits per heavy atom. The molecular weight excluding hydrogens is 270 g/mol. The third kappa shape index (κ3) is 1.67. The van der Waals surface area contributed by atoms with Gasteiger partial charge in [0.1, 0.15) is 0 Å². The highest BCUT2D eigenvalue weighted by molar-refractivity contribution is 9.36. The minimum atomic E-state index is 1.24. The van der Waals surface area contributed by atoms with Crippen LogP contribution < -0.4 is 0 Å². The lowest BCUT2D eigenvalue weighted by Gasteiger charge is -1.93. The summed E-state index contributed by atoms with van der Waals surface area (Å²) in [5.41, 5.74) is 1.24. The molecule has 72 valence electrons.